The molecule has 0 radical (unpaired) electrons. The van der Waals surface area contributed by atoms with Crippen LogP contribution in [0, 0.1) is 5.92 Å². The molecule has 1 heteroatoms. The minimum atomic E-state index is 0.254. The second kappa shape index (κ2) is 5.22. The highest BCUT2D eigenvalue weighted by Crippen LogP contribution is 2.25. The van der Waals surface area contributed by atoms with E-state index in [0.29, 0.717) is 0 Å². The smallest absolute Gasteiger partial charge is 0.0205 e. The van der Waals surface area contributed by atoms with Gasteiger partial charge in [-0.1, -0.05) is 51.5 Å². The van der Waals surface area contributed by atoms with E-state index >= 15 is 0 Å². The van der Waals surface area contributed by atoms with Gasteiger partial charge in [-0.15, -0.1) is 0 Å². The Kier molecular flexibility index (Phi) is 3.88. The van der Waals surface area contributed by atoms with E-state index in [1.54, 1.807) is 0 Å². The first-order valence-electron chi connectivity index (χ1n) is 6.86. The molecule has 1 aliphatic carbocycles. The summed E-state index contributed by atoms with van der Waals surface area (Å²) in [5.74, 6) is 0.945. The lowest BCUT2D eigenvalue weighted by Crippen LogP contribution is -2.27. The average molecular weight is 231 g/mol. The Morgan fingerprint density at radius 1 is 1.24 bits per heavy atom. The van der Waals surface area contributed by atoms with Gasteiger partial charge in [0.05, 0.1) is 0 Å². The first-order valence-corrected chi connectivity index (χ1v) is 6.86. The normalized spacial score (nSPS) is 16.9. The van der Waals surface area contributed by atoms with Crippen LogP contribution in [0.4, 0.5) is 0 Å². The van der Waals surface area contributed by atoms with Crippen LogP contribution in [0.5, 0.6) is 0 Å². The largest absolute Gasteiger partial charge is 0.312 e. The first kappa shape index (κ1) is 12.6. The average Bonchev–Trinajstić information content (AvgIpc) is 2.21. The van der Waals surface area contributed by atoms with Gasteiger partial charge < -0.3 is 5.32 Å². The fraction of sp³-hybridized carbons (Fsp3) is 0.625. The van der Waals surface area contributed by atoms with Gasteiger partial charge in [-0.2, -0.15) is 0 Å². The van der Waals surface area contributed by atoms with Gasteiger partial charge in [0.1, 0.15) is 0 Å². The minimum absolute atomic E-state index is 0.254. The molecule has 1 nitrogen and oxygen atoms in total. The zero-order chi connectivity index (χ0) is 12.3. The number of nitrogens with one attached hydrogen (secondary N) is 1. The summed E-state index contributed by atoms with van der Waals surface area (Å²) in [6.07, 6.45) is 4.29. The van der Waals surface area contributed by atoms with Gasteiger partial charge in [-0.25, -0.2) is 0 Å². The Bertz CT molecular complexity index is 358. The van der Waals surface area contributed by atoms with Crippen LogP contribution in [0.2, 0.25) is 0 Å². The summed E-state index contributed by atoms with van der Waals surface area (Å²) in [4.78, 5) is 0. The van der Waals surface area contributed by atoms with E-state index in [9.17, 15) is 0 Å². The lowest BCUT2D eigenvalue weighted by molar-refractivity contribution is 0.301. The van der Waals surface area contributed by atoms with E-state index in [1.807, 2.05) is 0 Å². The minimum Gasteiger partial charge on any atom is -0.312 e. The third-order valence-corrected chi connectivity index (χ3v) is 3.78. The Morgan fingerprint density at radius 3 is 2.59 bits per heavy atom. The molecule has 1 saturated carbocycles. The zero-order valence-electron chi connectivity index (χ0n) is 11.4. The van der Waals surface area contributed by atoms with Crippen molar-refractivity contribution in [3.63, 3.8) is 0 Å². The van der Waals surface area contributed by atoms with Gasteiger partial charge in [0.15, 0.2) is 0 Å². The van der Waals surface area contributed by atoms with Gasteiger partial charge in [-0.05, 0) is 41.8 Å². The van der Waals surface area contributed by atoms with Crippen molar-refractivity contribution in [2.45, 2.75) is 52.0 Å². The summed E-state index contributed by atoms with van der Waals surface area (Å²) in [7, 11) is 0. The number of rotatable bonds is 4. The monoisotopic (exact) mass is 231 g/mol. The maximum absolute atomic E-state index is 3.58. The Hall–Kier alpha value is -0.820. The highest BCUT2D eigenvalue weighted by atomic mass is 14.9. The molecule has 1 N–H and O–H groups in total. The van der Waals surface area contributed by atoms with Crippen molar-refractivity contribution >= 4 is 0 Å². The Balaban J connectivity index is 1.87. The van der Waals surface area contributed by atoms with Gasteiger partial charge in [0.25, 0.3) is 0 Å². The summed E-state index contributed by atoms with van der Waals surface area (Å²) >= 11 is 0. The molecule has 1 fully saturated rings. The molecule has 1 aromatic rings. The van der Waals surface area contributed by atoms with Crippen LogP contribution in [0.15, 0.2) is 24.3 Å². The van der Waals surface area contributed by atoms with Crippen molar-refractivity contribution in [1.82, 2.24) is 5.32 Å². The molecular formula is C16H25N. The third-order valence-electron chi connectivity index (χ3n) is 3.78. The fourth-order valence-electron chi connectivity index (χ4n) is 2.27. The summed E-state index contributed by atoms with van der Waals surface area (Å²) in [6.45, 7) is 9.02. The van der Waals surface area contributed by atoms with E-state index < -0.39 is 0 Å². The van der Waals surface area contributed by atoms with Crippen LogP contribution in [0.1, 0.15) is 51.2 Å². The highest BCUT2D eigenvalue weighted by molar-refractivity contribution is 5.28. The van der Waals surface area contributed by atoms with Crippen molar-refractivity contribution in [2.24, 2.45) is 5.92 Å². The lowest BCUT2D eigenvalue weighted by atomic mass is 9.85. The second-order valence-corrected chi connectivity index (χ2v) is 6.38. The van der Waals surface area contributed by atoms with E-state index in [-0.39, 0.29) is 5.41 Å². The van der Waals surface area contributed by atoms with Gasteiger partial charge >= 0.3 is 0 Å². The molecule has 17 heavy (non-hydrogen) atoms. The van der Waals surface area contributed by atoms with Crippen LogP contribution >= 0.6 is 0 Å². The molecular weight excluding hydrogens is 206 g/mol. The molecule has 2 rings (SSSR count). The molecule has 0 amide bonds. The summed E-state index contributed by atoms with van der Waals surface area (Å²) < 4.78 is 0. The summed E-state index contributed by atoms with van der Waals surface area (Å²) in [6, 6.07) is 8.98. The van der Waals surface area contributed by atoms with Crippen molar-refractivity contribution in [3.05, 3.63) is 35.4 Å². The molecule has 0 bridgehead atoms. The molecule has 0 unspecified atom stereocenters. The third kappa shape index (κ3) is 3.57. The van der Waals surface area contributed by atoms with Gasteiger partial charge in [-0.3, -0.25) is 0 Å². The predicted molar refractivity (Wildman–Crippen MR) is 74.2 cm³/mol. The Morgan fingerprint density at radius 2 is 2.00 bits per heavy atom. The predicted octanol–water partition coefficient (Wildman–Crippen LogP) is 3.87. The van der Waals surface area contributed by atoms with E-state index in [4.69, 9.17) is 0 Å². The molecule has 0 aromatic heterocycles. The standard InChI is InChI=1S/C16H25N/c1-16(2,3)15-9-5-8-14(10-15)12-17-11-13-6-4-7-13/h5,8-10,13,17H,4,6-7,11-12H2,1-3H3. The van der Waals surface area contributed by atoms with Crippen molar-refractivity contribution in [3.8, 4) is 0 Å². The molecule has 0 saturated heterocycles. The number of hydrogen-bond donors (Lipinski definition) is 1. The quantitative estimate of drug-likeness (QED) is 0.829. The van der Waals surface area contributed by atoms with Crippen LogP contribution in [-0.4, -0.2) is 6.54 Å². The number of benzene rings is 1. The van der Waals surface area contributed by atoms with E-state index in [2.05, 4.69) is 50.4 Å². The molecule has 0 heterocycles. The van der Waals surface area contributed by atoms with Gasteiger partial charge in [0, 0.05) is 6.54 Å². The van der Waals surface area contributed by atoms with Crippen LogP contribution in [0.25, 0.3) is 0 Å². The van der Waals surface area contributed by atoms with E-state index in [0.717, 1.165) is 12.5 Å². The van der Waals surface area contributed by atoms with Crippen molar-refractivity contribution in [1.29, 1.82) is 0 Å². The van der Waals surface area contributed by atoms with Gasteiger partial charge in [0.2, 0.25) is 0 Å². The van der Waals surface area contributed by atoms with E-state index in [1.165, 1.54) is 36.9 Å². The summed E-state index contributed by atoms with van der Waals surface area (Å²) in [5.41, 5.74) is 3.10. The lowest BCUT2D eigenvalue weighted by Gasteiger charge is -2.25. The molecule has 0 aliphatic heterocycles. The molecule has 0 atom stereocenters. The molecule has 94 valence electrons. The van der Waals surface area contributed by atoms with Crippen LogP contribution in [0.3, 0.4) is 0 Å². The van der Waals surface area contributed by atoms with Crippen LogP contribution in [-0.2, 0) is 12.0 Å². The second-order valence-electron chi connectivity index (χ2n) is 6.38. The molecule has 0 spiro atoms. The zero-order valence-corrected chi connectivity index (χ0v) is 11.4. The van der Waals surface area contributed by atoms with Crippen molar-refractivity contribution in [2.75, 3.05) is 6.54 Å². The maximum atomic E-state index is 3.58. The summed E-state index contributed by atoms with van der Waals surface area (Å²) in [5, 5.41) is 3.58. The topological polar surface area (TPSA) is 12.0 Å². The highest BCUT2D eigenvalue weighted by Gasteiger charge is 2.16. The fourth-order valence-corrected chi connectivity index (χ4v) is 2.27. The van der Waals surface area contributed by atoms with Crippen molar-refractivity contribution < 1.29 is 0 Å². The maximum Gasteiger partial charge on any atom is 0.0205 e. The first-order chi connectivity index (χ1) is 8.05. The Labute approximate surface area is 106 Å². The molecule has 1 aliphatic rings. The SMILES string of the molecule is CC(C)(C)c1cccc(CNCC2CCC2)c1. The number of hydrogen-bond acceptors (Lipinski definition) is 1. The van der Waals surface area contributed by atoms with Crippen LogP contribution < -0.4 is 5.32 Å². The molecule has 1 aromatic carbocycles.